The number of carbonyl (C=O) groups excluding carboxylic acids is 1. The molecular formula is C14H23N3O2. The van der Waals surface area contributed by atoms with Crippen molar-refractivity contribution in [3.8, 4) is 5.75 Å². The van der Waals surface area contributed by atoms with E-state index in [-0.39, 0.29) is 11.9 Å². The predicted octanol–water partition coefficient (Wildman–Crippen LogP) is 1.30. The van der Waals surface area contributed by atoms with Crippen LogP contribution in [0.3, 0.4) is 0 Å². The lowest BCUT2D eigenvalue weighted by molar-refractivity contribution is -0.117. The molecule has 0 radical (unpaired) electrons. The maximum Gasteiger partial charge on any atom is 0.238 e. The van der Waals surface area contributed by atoms with Crippen LogP contribution in [0.25, 0.3) is 0 Å². The minimum absolute atomic E-state index is 0.0594. The lowest BCUT2D eigenvalue weighted by atomic mass is 10.2. The normalized spacial score (nSPS) is 12.3. The number of amides is 1. The molecule has 5 heteroatoms. The van der Waals surface area contributed by atoms with Crippen LogP contribution in [0.1, 0.15) is 13.3 Å². The van der Waals surface area contributed by atoms with Crippen molar-refractivity contribution in [1.29, 1.82) is 0 Å². The molecule has 0 aliphatic carbocycles. The van der Waals surface area contributed by atoms with Crippen LogP contribution in [0.4, 0.5) is 5.69 Å². The third kappa shape index (κ3) is 4.89. The smallest absolute Gasteiger partial charge is 0.238 e. The zero-order chi connectivity index (χ0) is 14.3. The van der Waals surface area contributed by atoms with Gasteiger partial charge < -0.3 is 15.8 Å². The summed E-state index contributed by atoms with van der Waals surface area (Å²) in [6.07, 6.45) is 0.873. The van der Waals surface area contributed by atoms with Gasteiger partial charge in [-0.25, -0.2) is 0 Å². The molecule has 1 rings (SSSR count). The van der Waals surface area contributed by atoms with Crippen molar-refractivity contribution < 1.29 is 9.53 Å². The van der Waals surface area contributed by atoms with E-state index in [0.29, 0.717) is 24.5 Å². The number of likely N-dealkylation sites (N-methyl/N-ethyl adjacent to an activating group) is 1. The molecule has 19 heavy (non-hydrogen) atoms. The summed E-state index contributed by atoms with van der Waals surface area (Å²) in [5.74, 6) is 0.601. The second-order valence-electron chi connectivity index (χ2n) is 4.59. The minimum atomic E-state index is -0.0594. The number of carbonyl (C=O) groups is 1. The van der Waals surface area contributed by atoms with Crippen LogP contribution < -0.4 is 15.8 Å². The zero-order valence-corrected chi connectivity index (χ0v) is 11.8. The van der Waals surface area contributed by atoms with Gasteiger partial charge in [0.2, 0.25) is 5.91 Å². The molecule has 0 aromatic heterocycles. The van der Waals surface area contributed by atoms with Crippen LogP contribution in [-0.2, 0) is 4.79 Å². The second-order valence-corrected chi connectivity index (χ2v) is 4.59. The van der Waals surface area contributed by atoms with Crippen molar-refractivity contribution in [1.82, 2.24) is 4.90 Å². The number of nitrogens with zero attached hydrogens (tertiary/aromatic N) is 1. The standard InChI is InChI=1S/C14H23N3O2/c1-11(8-9-15)17(2)10-14(18)16-12-6-4-5-7-13(12)19-3/h4-7,11H,8-10,15H2,1-3H3,(H,16,18). The average Bonchev–Trinajstić information content (AvgIpc) is 2.39. The van der Waals surface area contributed by atoms with E-state index < -0.39 is 0 Å². The van der Waals surface area contributed by atoms with Crippen LogP contribution >= 0.6 is 0 Å². The topological polar surface area (TPSA) is 67.6 Å². The number of hydrogen-bond donors (Lipinski definition) is 2. The maximum atomic E-state index is 12.0. The fraction of sp³-hybridized carbons (Fsp3) is 0.500. The van der Waals surface area contributed by atoms with Gasteiger partial charge in [-0.3, -0.25) is 9.69 Å². The Labute approximate surface area is 114 Å². The first-order valence-corrected chi connectivity index (χ1v) is 6.41. The van der Waals surface area contributed by atoms with Crippen LogP contribution in [0.15, 0.2) is 24.3 Å². The Hall–Kier alpha value is -1.59. The largest absolute Gasteiger partial charge is 0.495 e. The molecule has 0 fully saturated rings. The molecule has 1 atom stereocenters. The number of benzene rings is 1. The van der Waals surface area contributed by atoms with Gasteiger partial charge in [0.05, 0.1) is 19.3 Å². The highest BCUT2D eigenvalue weighted by molar-refractivity contribution is 5.93. The average molecular weight is 265 g/mol. The van der Waals surface area contributed by atoms with Gasteiger partial charge in [0.1, 0.15) is 5.75 Å². The lowest BCUT2D eigenvalue weighted by Crippen LogP contribution is -2.37. The molecule has 0 saturated heterocycles. The fourth-order valence-corrected chi connectivity index (χ4v) is 1.78. The van der Waals surface area contributed by atoms with E-state index in [4.69, 9.17) is 10.5 Å². The molecule has 1 unspecified atom stereocenters. The Bertz CT molecular complexity index is 409. The molecule has 5 nitrogen and oxygen atoms in total. The molecule has 0 bridgehead atoms. The Morgan fingerprint density at radius 2 is 2.16 bits per heavy atom. The van der Waals surface area contributed by atoms with Crippen molar-refractivity contribution in [2.75, 3.05) is 32.6 Å². The third-order valence-electron chi connectivity index (χ3n) is 3.11. The molecular weight excluding hydrogens is 242 g/mol. The first-order chi connectivity index (χ1) is 9.08. The SMILES string of the molecule is COc1ccccc1NC(=O)CN(C)C(C)CCN. The van der Waals surface area contributed by atoms with E-state index in [2.05, 4.69) is 12.2 Å². The molecule has 0 aliphatic rings. The van der Waals surface area contributed by atoms with Crippen LogP contribution in [0.5, 0.6) is 5.75 Å². The molecule has 106 valence electrons. The molecule has 0 saturated carbocycles. The van der Waals surface area contributed by atoms with E-state index in [1.165, 1.54) is 0 Å². The van der Waals surface area contributed by atoms with E-state index in [9.17, 15) is 4.79 Å². The fourth-order valence-electron chi connectivity index (χ4n) is 1.78. The van der Waals surface area contributed by atoms with Crippen LogP contribution in [0.2, 0.25) is 0 Å². The van der Waals surface area contributed by atoms with E-state index in [1.807, 2.05) is 36.2 Å². The first kappa shape index (κ1) is 15.5. The number of methoxy groups -OCH3 is 1. The molecule has 1 aromatic rings. The van der Waals surface area contributed by atoms with Gasteiger partial charge in [-0.1, -0.05) is 12.1 Å². The van der Waals surface area contributed by atoms with Crippen molar-refractivity contribution in [3.05, 3.63) is 24.3 Å². The number of para-hydroxylation sites is 2. The quantitative estimate of drug-likeness (QED) is 0.780. The Kier molecular flexibility index (Phi) is 6.32. The maximum absolute atomic E-state index is 12.0. The van der Waals surface area contributed by atoms with Gasteiger partial charge in [-0.15, -0.1) is 0 Å². The predicted molar refractivity (Wildman–Crippen MR) is 77.4 cm³/mol. The number of rotatable bonds is 7. The molecule has 1 amide bonds. The molecule has 0 heterocycles. The first-order valence-electron chi connectivity index (χ1n) is 6.41. The number of ether oxygens (including phenoxy) is 1. The highest BCUT2D eigenvalue weighted by Gasteiger charge is 2.13. The Balaban J connectivity index is 2.55. The highest BCUT2D eigenvalue weighted by atomic mass is 16.5. The van der Waals surface area contributed by atoms with Gasteiger partial charge in [0, 0.05) is 6.04 Å². The van der Waals surface area contributed by atoms with Crippen LogP contribution in [-0.4, -0.2) is 44.1 Å². The zero-order valence-electron chi connectivity index (χ0n) is 11.8. The molecule has 1 aromatic carbocycles. The molecule has 3 N–H and O–H groups in total. The summed E-state index contributed by atoms with van der Waals surface area (Å²) in [6.45, 7) is 3.02. The highest BCUT2D eigenvalue weighted by Crippen LogP contribution is 2.22. The monoisotopic (exact) mass is 265 g/mol. The van der Waals surface area contributed by atoms with E-state index in [1.54, 1.807) is 7.11 Å². The van der Waals surface area contributed by atoms with Crippen molar-refractivity contribution >= 4 is 11.6 Å². The van der Waals surface area contributed by atoms with Crippen molar-refractivity contribution in [2.45, 2.75) is 19.4 Å². The Morgan fingerprint density at radius 1 is 1.47 bits per heavy atom. The van der Waals surface area contributed by atoms with E-state index >= 15 is 0 Å². The summed E-state index contributed by atoms with van der Waals surface area (Å²) in [5.41, 5.74) is 6.21. The van der Waals surface area contributed by atoms with E-state index in [0.717, 1.165) is 6.42 Å². The molecule has 0 aliphatic heterocycles. The second kappa shape index (κ2) is 7.76. The molecule has 0 spiro atoms. The summed E-state index contributed by atoms with van der Waals surface area (Å²) in [6, 6.07) is 7.65. The van der Waals surface area contributed by atoms with Gasteiger partial charge in [0.25, 0.3) is 0 Å². The van der Waals surface area contributed by atoms with Crippen LogP contribution in [0, 0.1) is 0 Å². The number of anilines is 1. The number of nitrogens with two attached hydrogens (primary N) is 1. The third-order valence-corrected chi connectivity index (χ3v) is 3.11. The number of hydrogen-bond acceptors (Lipinski definition) is 4. The van der Waals surface area contributed by atoms with Crippen molar-refractivity contribution in [2.24, 2.45) is 5.73 Å². The lowest BCUT2D eigenvalue weighted by Gasteiger charge is -2.23. The Morgan fingerprint density at radius 3 is 2.79 bits per heavy atom. The summed E-state index contributed by atoms with van der Waals surface area (Å²) in [5, 5.41) is 2.85. The van der Waals surface area contributed by atoms with Gasteiger partial charge >= 0.3 is 0 Å². The summed E-state index contributed by atoms with van der Waals surface area (Å²) < 4.78 is 5.19. The summed E-state index contributed by atoms with van der Waals surface area (Å²) in [4.78, 5) is 13.9. The minimum Gasteiger partial charge on any atom is -0.495 e. The van der Waals surface area contributed by atoms with Gasteiger partial charge in [-0.05, 0) is 39.1 Å². The van der Waals surface area contributed by atoms with Crippen molar-refractivity contribution in [3.63, 3.8) is 0 Å². The summed E-state index contributed by atoms with van der Waals surface area (Å²) >= 11 is 0. The summed E-state index contributed by atoms with van der Waals surface area (Å²) in [7, 11) is 3.50. The van der Waals surface area contributed by atoms with Gasteiger partial charge in [-0.2, -0.15) is 0 Å². The van der Waals surface area contributed by atoms with Gasteiger partial charge in [0.15, 0.2) is 0 Å². The number of nitrogens with one attached hydrogen (secondary N) is 1.